The number of carboxylic acids is 2. The maximum atomic E-state index is 12.5. The van der Waals surface area contributed by atoms with Crippen LogP contribution in [0.15, 0.2) is 35.5 Å². The zero-order chi connectivity index (χ0) is 26.5. The highest BCUT2D eigenvalue weighted by atomic mass is 32.2. The third kappa shape index (κ3) is 6.78. The number of hydrogen-bond acceptors (Lipinski definition) is 8. The Kier molecular flexibility index (Phi) is 8.57. The second-order valence-electron chi connectivity index (χ2n) is 7.00. The average molecular weight is 520 g/mol. The fourth-order valence-electron chi connectivity index (χ4n) is 3.05. The number of primary amides is 1. The van der Waals surface area contributed by atoms with E-state index >= 15 is 0 Å². The van der Waals surface area contributed by atoms with Gasteiger partial charge in [0.1, 0.15) is 23.7 Å². The Hall–Kier alpha value is -3.95. The molecular formula is C19H19F3N4O8S. The van der Waals surface area contributed by atoms with Crippen molar-refractivity contribution in [3.8, 4) is 0 Å². The standard InChI is InChI=1S/C17H18N4O6S.C2HF3O2/c18-10-4-2-1-3-8(10)5-11(22)20-12-14(23)21-13(16(24)25)9(6-27-17(19)26)7-28-15(12)21;3-2(4,5)1(6)7/h1-4,12,15H,5-7,18H2,(H2,19,26)(H,20,22)(H,24,25);(H,6,7)/t12?,15-;/m1./s1. The monoisotopic (exact) mass is 520 g/mol. The number of halogens is 3. The van der Waals surface area contributed by atoms with Crippen molar-refractivity contribution in [1.82, 2.24) is 10.2 Å². The molecule has 2 atom stereocenters. The van der Waals surface area contributed by atoms with Gasteiger partial charge < -0.3 is 31.7 Å². The second kappa shape index (κ2) is 11.0. The third-order valence-corrected chi connectivity index (χ3v) is 5.94. The summed E-state index contributed by atoms with van der Waals surface area (Å²) in [4.78, 5) is 57.2. The number of anilines is 1. The quantitative estimate of drug-likeness (QED) is 0.256. The van der Waals surface area contributed by atoms with Gasteiger partial charge in [-0.3, -0.25) is 14.5 Å². The number of carboxylic acid groups (broad SMARTS) is 2. The lowest BCUT2D eigenvalue weighted by molar-refractivity contribution is -0.192. The number of fused-ring (bicyclic) bond motifs is 1. The number of carbonyl (C=O) groups excluding carboxylic acids is 3. The number of thioether (sulfide) groups is 1. The lowest BCUT2D eigenvalue weighted by Crippen LogP contribution is -2.70. The van der Waals surface area contributed by atoms with Gasteiger partial charge in [0.15, 0.2) is 0 Å². The minimum Gasteiger partial charge on any atom is -0.477 e. The number of hydrogen-bond donors (Lipinski definition) is 5. The highest BCUT2D eigenvalue weighted by Crippen LogP contribution is 2.40. The van der Waals surface area contributed by atoms with E-state index in [9.17, 15) is 37.5 Å². The molecule has 0 aliphatic carbocycles. The molecule has 0 aromatic heterocycles. The number of para-hydroxylation sites is 1. The minimum absolute atomic E-state index is 0.00711. The summed E-state index contributed by atoms with van der Waals surface area (Å²) in [6.45, 7) is -0.315. The molecule has 7 N–H and O–H groups in total. The predicted octanol–water partition coefficient (Wildman–Crippen LogP) is 0.279. The number of alkyl halides is 3. The Bertz CT molecular complexity index is 1080. The molecule has 3 rings (SSSR count). The first-order valence-corrected chi connectivity index (χ1v) is 10.5. The van der Waals surface area contributed by atoms with Crippen molar-refractivity contribution in [2.24, 2.45) is 5.73 Å². The number of benzene rings is 1. The van der Waals surface area contributed by atoms with Crippen LogP contribution in [0.5, 0.6) is 0 Å². The minimum atomic E-state index is -5.08. The highest BCUT2D eigenvalue weighted by molar-refractivity contribution is 8.00. The fraction of sp³-hybridized carbons (Fsp3) is 0.316. The van der Waals surface area contributed by atoms with Gasteiger partial charge in [0, 0.05) is 17.0 Å². The topological polar surface area (TPSA) is 202 Å². The zero-order valence-corrected chi connectivity index (χ0v) is 18.4. The Balaban J connectivity index is 0.000000540. The number of nitrogens with one attached hydrogen (secondary N) is 1. The number of carbonyl (C=O) groups is 5. The molecule has 0 bridgehead atoms. The molecule has 35 heavy (non-hydrogen) atoms. The number of aliphatic carboxylic acids is 2. The number of β-lactam (4-membered cyclic amide) rings is 1. The van der Waals surface area contributed by atoms with E-state index in [0.717, 1.165) is 4.90 Å². The number of nitrogens with zero attached hydrogens (tertiary/aromatic N) is 1. The summed E-state index contributed by atoms with van der Waals surface area (Å²) >= 11 is 1.27. The van der Waals surface area contributed by atoms with Gasteiger partial charge in [0.2, 0.25) is 5.91 Å². The number of amides is 3. The summed E-state index contributed by atoms with van der Waals surface area (Å²) in [5.41, 5.74) is 11.9. The number of ether oxygens (including phenoxy) is 1. The van der Waals surface area contributed by atoms with E-state index in [2.05, 4.69) is 10.1 Å². The molecule has 1 aromatic carbocycles. The van der Waals surface area contributed by atoms with Crippen molar-refractivity contribution in [1.29, 1.82) is 0 Å². The summed E-state index contributed by atoms with van der Waals surface area (Å²) in [5, 5.41) is 18.7. The van der Waals surface area contributed by atoms with Gasteiger partial charge in [-0.2, -0.15) is 13.2 Å². The highest BCUT2D eigenvalue weighted by Gasteiger charge is 2.54. The maximum absolute atomic E-state index is 12.5. The molecule has 1 saturated heterocycles. The van der Waals surface area contributed by atoms with Crippen LogP contribution in [-0.4, -0.2) is 74.9 Å². The smallest absolute Gasteiger partial charge is 0.477 e. The Morgan fingerprint density at radius 3 is 2.31 bits per heavy atom. The van der Waals surface area contributed by atoms with Gasteiger partial charge >= 0.3 is 24.2 Å². The molecule has 2 aliphatic rings. The second-order valence-corrected chi connectivity index (χ2v) is 8.10. The van der Waals surface area contributed by atoms with Crippen LogP contribution in [-0.2, 0) is 30.3 Å². The van der Waals surface area contributed by atoms with E-state index in [-0.39, 0.29) is 36.0 Å². The van der Waals surface area contributed by atoms with Gasteiger partial charge in [-0.05, 0) is 11.6 Å². The van der Waals surface area contributed by atoms with Crippen LogP contribution in [0.3, 0.4) is 0 Å². The SMILES string of the molecule is NC(=O)OCC1=C(C(=O)O)N2C(=O)C(NC(=O)Cc3ccccc3N)[C@H]2SC1.O=C(O)C(F)(F)F. The van der Waals surface area contributed by atoms with E-state index < -0.39 is 41.5 Å². The molecule has 1 fully saturated rings. The van der Waals surface area contributed by atoms with Crippen molar-refractivity contribution in [2.75, 3.05) is 18.1 Å². The molecule has 2 heterocycles. The predicted molar refractivity (Wildman–Crippen MR) is 113 cm³/mol. The van der Waals surface area contributed by atoms with Crippen LogP contribution in [0, 0.1) is 0 Å². The molecule has 190 valence electrons. The molecule has 1 unspecified atom stereocenters. The number of rotatable bonds is 6. The van der Waals surface area contributed by atoms with E-state index in [1.165, 1.54) is 11.8 Å². The van der Waals surface area contributed by atoms with E-state index in [1.807, 2.05) is 0 Å². The normalized spacial score (nSPS) is 18.9. The molecule has 0 saturated carbocycles. The first kappa shape index (κ1) is 27.3. The number of nitrogens with two attached hydrogens (primary N) is 2. The van der Waals surface area contributed by atoms with Gasteiger partial charge in [-0.25, -0.2) is 14.4 Å². The summed E-state index contributed by atoms with van der Waals surface area (Å²) in [6.07, 6.45) is -6.11. The van der Waals surface area contributed by atoms with Crippen molar-refractivity contribution < 1.29 is 52.1 Å². The lowest BCUT2D eigenvalue weighted by Gasteiger charge is -2.49. The van der Waals surface area contributed by atoms with Crippen LogP contribution in [0.1, 0.15) is 5.56 Å². The largest absolute Gasteiger partial charge is 0.490 e. The third-order valence-electron chi connectivity index (χ3n) is 4.60. The lowest BCUT2D eigenvalue weighted by atomic mass is 10.0. The molecule has 1 aromatic rings. The van der Waals surface area contributed by atoms with Gasteiger partial charge in [0.05, 0.1) is 6.42 Å². The zero-order valence-electron chi connectivity index (χ0n) is 17.6. The van der Waals surface area contributed by atoms with Crippen molar-refractivity contribution >= 4 is 47.3 Å². The molecular weight excluding hydrogens is 501 g/mol. The molecule has 3 amide bonds. The summed E-state index contributed by atoms with van der Waals surface area (Å²) in [6, 6.07) is 6.06. The van der Waals surface area contributed by atoms with Gasteiger partial charge in [-0.15, -0.1) is 11.8 Å². The van der Waals surface area contributed by atoms with Gasteiger partial charge in [0.25, 0.3) is 5.91 Å². The first-order chi connectivity index (χ1) is 16.2. The Morgan fingerprint density at radius 2 is 1.80 bits per heavy atom. The van der Waals surface area contributed by atoms with E-state index in [1.54, 1.807) is 24.3 Å². The molecule has 0 radical (unpaired) electrons. The molecule has 2 aliphatic heterocycles. The van der Waals surface area contributed by atoms with Crippen molar-refractivity contribution in [2.45, 2.75) is 24.0 Å². The summed E-state index contributed by atoms with van der Waals surface area (Å²) < 4.78 is 36.4. The number of nitrogen functional groups attached to an aromatic ring is 1. The van der Waals surface area contributed by atoms with Crippen LogP contribution >= 0.6 is 11.8 Å². The summed E-state index contributed by atoms with van der Waals surface area (Å²) in [5.74, 6) is -4.78. The van der Waals surface area contributed by atoms with Crippen LogP contribution < -0.4 is 16.8 Å². The molecule has 0 spiro atoms. The Labute approximate surface area is 199 Å². The van der Waals surface area contributed by atoms with Crippen molar-refractivity contribution in [3.63, 3.8) is 0 Å². The van der Waals surface area contributed by atoms with Gasteiger partial charge in [-0.1, -0.05) is 18.2 Å². The molecule has 12 nitrogen and oxygen atoms in total. The van der Waals surface area contributed by atoms with E-state index in [0.29, 0.717) is 11.3 Å². The van der Waals surface area contributed by atoms with Crippen LogP contribution in [0.4, 0.5) is 23.7 Å². The van der Waals surface area contributed by atoms with E-state index in [4.69, 9.17) is 21.4 Å². The Morgan fingerprint density at radius 1 is 1.20 bits per heavy atom. The average Bonchev–Trinajstić information content (AvgIpc) is 2.76. The molecule has 16 heteroatoms. The summed E-state index contributed by atoms with van der Waals surface area (Å²) in [7, 11) is 0. The van der Waals surface area contributed by atoms with Crippen LogP contribution in [0.2, 0.25) is 0 Å². The van der Waals surface area contributed by atoms with Crippen LogP contribution in [0.25, 0.3) is 0 Å². The van der Waals surface area contributed by atoms with Crippen molar-refractivity contribution in [3.05, 3.63) is 41.1 Å². The fourth-order valence-corrected chi connectivity index (χ4v) is 4.37. The maximum Gasteiger partial charge on any atom is 0.490 e. The first-order valence-electron chi connectivity index (χ1n) is 9.49.